The summed E-state index contributed by atoms with van der Waals surface area (Å²) >= 11 is 0. The number of imide groups is 1. The smallest absolute Gasteiger partial charge is 0.414 e. The zero-order chi connectivity index (χ0) is 16.4. The van der Waals surface area contributed by atoms with Crippen molar-refractivity contribution in [3.8, 4) is 0 Å². The Bertz CT molecular complexity index is 547. The third kappa shape index (κ3) is 2.02. The van der Waals surface area contributed by atoms with E-state index in [1.807, 2.05) is 0 Å². The molecule has 4 fully saturated rings. The van der Waals surface area contributed by atoms with Crippen LogP contribution in [0.5, 0.6) is 0 Å². The van der Waals surface area contributed by atoms with Crippen LogP contribution in [-0.4, -0.2) is 28.0 Å². The largest absolute Gasteiger partial charge is 0.465 e. The highest BCUT2D eigenvalue weighted by molar-refractivity contribution is 5.92. The van der Waals surface area contributed by atoms with Gasteiger partial charge in [-0.25, -0.2) is 9.69 Å². The second kappa shape index (κ2) is 4.97. The summed E-state index contributed by atoms with van der Waals surface area (Å²) in [4.78, 5) is 25.0. The van der Waals surface area contributed by atoms with Crippen molar-refractivity contribution in [2.75, 3.05) is 0 Å². The Morgan fingerprint density at radius 2 is 1.87 bits per heavy atom. The average molecular weight is 319 g/mol. The molecule has 1 heterocycles. The SMILES string of the molecule is C[C@@]12CCC[C@H]1[C@@H]1CC[C@H]3N(C(=O)O)C(=O)CC[C@]3(C)[C@H]1CC2. The number of fused-ring (bicyclic) bond motifs is 5. The number of carbonyl (C=O) groups is 2. The van der Waals surface area contributed by atoms with E-state index >= 15 is 0 Å². The number of rotatable bonds is 0. The lowest BCUT2D eigenvalue weighted by Crippen LogP contribution is -2.63. The third-order valence-electron chi connectivity index (χ3n) is 8.26. The zero-order valence-electron chi connectivity index (χ0n) is 14.4. The number of nitrogens with zero attached hydrogens (tertiary/aromatic N) is 1. The Kier molecular flexibility index (Phi) is 3.34. The van der Waals surface area contributed by atoms with Gasteiger partial charge in [0.25, 0.3) is 0 Å². The molecule has 1 aliphatic heterocycles. The van der Waals surface area contributed by atoms with Crippen LogP contribution in [-0.2, 0) is 4.79 Å². The van der Waals surface area contributed by atoms with Crippen LogP contribution in [0.1, 0.15) is 71.6 Å². The number of likely N-dealkylation sites (tertiary alicyclic amines) is 1. The van der Waals surface area contributed by atoms with E-state index in [-0.39, 0.29) is 17.4 Å². The highest BCUT2D eigenvalue weighted by atomic mass is 16.4. The Morgan fingerprint density at radius 1 is 1.09 bits per heavy atom. The van der Waals surface area contributed by atoms with E-state index in [1.165, 1.54) is 37.0 Å². The maximum atomic E-state index is 12.2. The van der Waals surface area contributed by atoms with E-state index < -0.39 is 6.09 Å². The predicted octanol–water partition coefficient (Wildman–Crippen LogP) is 4.29. The van der Waals surface area contributed by atoms with Crippen molar-refractivity contribution in [3.63, 3.8) is 0 Å². The molecule has 23 heavy (non-hydrogen) atoms. The van der Waals surface area contributed by atoms with Gasteiger partial charge in [-0.05, 0) is 73.5 Å². The minimum atomic E-state index is -1.04. The van der Waals surface area contributed by atoms with Crippen LogP contribution >= 0.6 is 0 Å². The summed E-state index contributed by atoms with van der Waals surface area (Å²) in [5.41, 5.74) is 0.528. The molecule has 0 aromatic heterocycles. The molecular formula is C19H29NO3. The van der Waals surface area contributed by atoms with Crippen LogP contribution in [0.2, 0.25) is 0 Å². The number of carboxylic acid groups (broad SMARTS) is 1. The zero-order valence-corrected chi connectivity index (χ0v) is 14.4. The maximum Gasteiger partial charge on any atom is 0.414 e. The van der Waals surface area contributed by atoms with Gasteiger partial charge in [0.2, 0.25) is 5.91 Å². The molecular weight excluding hydrogens is 290 g/mol. The quantitative estimate of drug-likeness (QED) is 0.724. The first-order chi connectivity index (χ1) is 10.9. The van der Waals surface area contributed by atoms with Gasteiger partial charge < -0.3 is 5.11 Å². The number of piperidine rings is 1. The molecule has 128 valence electrons. The molecule has 4 rings (SSSR count). The fourth-order valence-corrected chi connectivity index (χ4v) is 7.12. The fourth-order valence-electron chi connectivity index (χ4n) is 7.12. The molecule has 3 saturated carbocycles. The molecule has 3 aliphatic carbocycles. The third-order valence-corrected chi connectivity index (χ3v) is 8.26. The molecule has 1 saturated heterocycles. The molecule has 4 nitrogen and oxygen atoms in total. The summed E-state index contributed by atoms with van der Waals surface area (Å²) in [5.74, 6) is 2.00. The minimum absolute atomic E-state index is 0.000856. The predicted molar refractivity (Wildman–Crippen MR) is 86.9 cm³/mol. The molecule has 0 radical (unpaired) electrons. The van der Waals surface area contributed by atoms with Gasteiger partial charge in [0, 0.05) is 12.5 Å². The van der Waals surface area contributed by atoms with Crippen LogP contribution in [0, 0.1) is 28.6 Å². The van der Waals surface area contributed by atoms with E-state index in [1.54, 1.807) is 0 Å². The van der Waals surface area contributed by atoms with Crippen molar-refractivity contribution < 1.29 is 14.7 Å². The van der Waals surface area contributed by atoms with Crippen molar-refractivity contribution >= 4 is 12.0 Å². The van der Waals surface area contributed by atoms with Gasteiger partial charge in [0.15, 0.2) is 0 Å². The highest BCUT2D eigenvalue weighted by Crippen LogP contribution is 2.64. The molecule has 0 bridgehead atoms. The summed E-state index contributed by atoms with van der Waals surface area (Å²) < 4.78 is 0. The molecule has 4 aliphatic rings. The van der Waals surface area contributed by atoms with Gasteiger partial charge >= 0.3 is 6.09 Å². The van der Waals surface area contributed by atoms with Crippen LogP contribution in [0.4, 0.5) is 4.79 Å². The number of hydrogen-bond donors (Lipinski definition) is 1. The lowest BCUT2D eigenvalue weighted by atomic mass is 9.47. The molecule has 0 aromatic carbocycles. The van der Waals surface area contributed by atoms with E-state index in [0.717, 1.165) is 31.1 Å². The van der Waals surface area contributed by atoms with Crippen LogP contribution in [0.25, 0.3) is 0 Å². The van der Waals surface area contributed by atoms with Crippen molar-refractivity contribution in [1.29, 1.82) is 0 Å². The number of hydrogen-bond acceptors (Lipinski definition) is 2. The van der Waals surface area contributed by atoms with Gasteiger partial charge in [-0.1, -0.05) is 20.3 Å². The van der Waals surface area contributed by atoms with Crippen molar-refractivity contribution in [1.82, 2.24) is 4.90 Å². The molecule has 0 aromatic rings. The number of carbonyl (C=O) groups excluding carboxylic acids is 1. The Labute approximate surface area is 138 Å². The lowest BCUT2D eigenvalue weighted by Gasteiger charge is -2.60. The summed E-state index contributed by atoms with van der Waals surface area (Å²) in [7, 11) is 0. The highest BCUT2D eigenvalue weighted by Gasteiger charge is 2.60. The van der Waals surface area contributed by atoms with Gasteiger partial charge in [-0.15, -0.1) is 0 Å². The first kappa shape index (κ1) is 15.5. The average Bonchev–Trinajstić information content (AvgIpc) is 2.89. The molecule has 1 N–H and O–H groups in total. The second-order valence-electron chi connectivity index (χ2n) is 9.11. The van der Waals surface area contributed by atoms with Crippen LogP contribution < -0.4 is 0 Å². The van der Waals surface area contributed by atoms with Crippen molar-refractivity contribution in [2.24, 2.45) is 28.6 Å². The summed E-state index contributed by atoms with van der Waals surface area (Å²) in [6, 6.07) is -0.0896. The molecule has 0 spiro atoms. The van der Waals surface area contributed by atoms with Gasteiger partial charge in [-0.3, -0.25) is 4.79 Å². The first-order valence-corrected chi connectivity index (χ1v) is 9.42. The molecule has 2 amide bonds. The second-order valence-corrected chi connectivity index (χ2v) is 9.11. The molecule has 6 atom stereocenters. The normalized spacial score (nSPS) is 49.3. The van der Waals surface area contributed by atoms with E-state index in [2.05, 4.69) is 13.8 Å². The Balaban J connectivity index is 1.67. The Hall–Kier alpha value is -1.06. The maximum absolute atomic E-state index is 12.2. The Morgan fingerprint density at radius 3 is 2.61 bits per heavy atom. The van der Waals surface area contributed by atoms with Crippen molar-refractivity contribution in [3.05, 3.63) is 0 Å². The van der Waals surface area contributed by atoms with E-state index in [9.17, 15) is 14.7 Å². The van der Waals surface area contributed by atoms with Gasteiger partial charge in [0.1, 0.15) is 0 Å². The van der Waals surface area contributed by atoms with Gasteiger partial charge in [0.05, 0.1) is 0 Å². The lowest BCUT2D eigenvalue weighted by molar-refractivity contribution is -0.155. The summed E-state index contributed by atoms with van der Waals surface area (Å²) in [6.07, 6.45) is 8.87. The summed E-state index contributed by atoms with van der Waals surface area (Å²) in [5, 5.41) is 9.55. The summed E-state index contributed by atoms with van der Waals surface area (Å²) in [6.45, 7) is 4.78. The van der Waals surface area contributed by atoms with E-state index in [0.29, 0.717) is 17.8 Å². The number of amides is 2. The monoisotopic (exact) mass is 319 g/mol. The van der Waals surface area contributed by atoms with Crippen LogP contribution in [0.3, 0.4) is 0 Å². The topological polar surface area (TPSA) is 57.6 Å². The van der Waals surface area contributed by atoms with Crippen LogP contribution in [0.15, 0.2) is 0 Å². The fraction of sp³-hybridized carbons (Fsp3) is 0.895. The molecule has 0 unspecified atom stereocenters. The molecule has 4 heteroatoms. The minimum Gasteiger partial charge on any atom is -0.465 e. The van der Waals surface area contributed by atoms with Gasteiger partial charge in [-0.2, -0.15) is 0 Å². The van der Waals surface area contributed by atoms with E-state index in [4.69, 9.17) is 0 Å². The standard InChI is InChI=1S/C19H29NO3/c1-18-9-3-4-13(18)12-5-6-15-19(2,14(12)7-10-18)11-8-16(21)20(15)17(22)23/h12-15H,3-11H2,1-2H3,(H,22,23)/t12-,13-,14-,15+,18-,19+/m0/s1. The first-order valence-electron chi connectivity index (χ1n) is 9.42. The van der Waals surface area contributed by atoms with Crippen molar-refractivity contribution in [2.45, 2.75) is 77.7 Å².